The van der Waals surface area contributed by atoms with E-state index >= 15 is 0 Å². The Bertz CT molecular complexity index is 1770. The summed E-state index contributed by atoms with van der Waals surface area (Å²) in [6, 6.07) is 33.5. The Labute approximate surface area is 226 Å². The lowest BCUT2D eigenvalue weighted by atomic mass is 9.93. The highest BCUT2D eigenvalue weighted by molar-refractivity contribution is 6.51. The molecular formula is C32H26N6O. The van der Waals surface area contributed by atoms with Gasteiger partial charge in [-0.2, -0.15) is 5.10 Å². The quantitative estimate of drug-likeness (QED) is 0.274. The number of aryl methyl sites for hydroxylation is 2. The number of fused-ring (bicyclic) bond motifs is 4. The van der Waals surface area contributed by atoms with Gasteiger partial charge < -0.3 is 15.3 Å². The fraction of sp³-hybridized carbons (Fsp3) is 0.0938. The second-order valence-electron chi connectivity index (χ2n) is 9.81. The van der Waals surface area contributed by atoms with Gasteiger partial charge in [-0.05, 0) is 67.9 Å². The summed E-state index contributed by atoms with van der Waals surface area (Å²) >= 11 is 0. The van der Waals surface area contributed by atoms with Crippen LogP contribution in [0.1, 0.15) is 28.4 Å². The number of aliphatic imine (C=N–C) groups is 2. The summed E-state index contributed by atoms with van der Waals surface area (Å²) in [4.78, 5) is 12.5. The fourth-order valence-corrected chi connectivity index (χ4v) is 5.33. The van der Waals surface area contributed by atoms with Crippen LogP contribution in [0.2, 0.25) is 0 Å². The topological polar surface area (TPSA) is 78.0 Å². The van der Waals surface area contributed by atoms with Gasteiger partial charge in [0.15, 0.2) is 17.5 Å². The first kappa shape index (κ1) is 23.0. The van der Waals surface area contributed by atoms with Gasteiger partial charge in [-0.1, -0.05) is 60.2 Å². The van der Waals surface area contributed by atoms with E-state index in [0.717, 1.165) is 45.4 Å². The predicted octanol–water partition coefficient (Wildman–Crippen LogP) is 6.99. The van der Waals surface area contributed by atoms with Crippen molar-refractivity contribution in [3.63, 3.8) is 0 Å². The monoisotopic (exact) mass is 510 g/mol. The van der Waals surface area contributed by atoms with Crippen LogP contribution in [-0.2, 0) is 0 Å². The summed E-state index contributed by atoms with van der Waals surface area (Å²) < 4.78 is 1.91. The van der Waals surface area contributed by atoms with Crippen molar-refractivity contribution >= 4 is 34.6 Å². The summed E-state index contributed by atoms with van der Waals surface area (Å²) in [5, 5.41) is 19.0. The minimum atomic E-state index is -0.289. The molecule has 0 fully saturated rings. The van der Waals surface area contributed by atoms with E-state index in [1.54, 1.807) is 6.07 Å². The van der Waals surface area contributed by atoms with Gasteiger partial charge in [-0.15, -0.1) is 0 Å². The Morgan fingerprint density at radius 2 is 1.56 bits per heavy atom. The molecule has 0 saturated carbocycles. The van der Waals surface area contributed by atoms with Gasteiger partial charge in [-0.25, -0.2) is 14.7 Å². The van der Waals surface area contributed by atoms with Crippen LogP contribution in [0.3, 0.4) is 0 Å². The SMILES string of the molecule is Cc1ccc(-n2nc(C)c3c2N=C2C(Nc4ccccc4)=Nc4ccccc4N2[C@@H]3c2cccc(O)c2)cc1. The highest BCUT2D eigenvalue weighted by Crippen LogP contribution is 2.48. The maximum atomic E-state index is 10.5. The zero-order valence-corrected chi connectivity index (χ0v) is 21.6. The molecule has 0 saturated heterocycles. The van der Waals surface area contributed by atoms with Crippen LogP contribution in [0.5, 0.6) is 5.75 Å². The molecule has 0 spiro atoms. The van der Waals surface area contributed by atoms with Crippen molar-refractivity contribution in [2.24, 2.45) is 9.98 Å². The highest BCUT2D eigenvalue weighted by atomic mass is 16.3. The van der Waals surface area contributed by atoms with E-state index in [1.165, 1.54) is 5.56 Å². The standard InChI is InChI=1S/C32H26N6O/c1-20-15-17-24(18-16-20)38-31-28(21(2)36-38)29(22-9-8-12-25(39)19-22)37-27-14-7-6-13-26(27)34-30(32(37)35-31)33-23-10-4-3-5-11-23/h3-19,29,39H,1-2H3,(H,33,34)/t29-/m1/s1. The van der Waals surface area contributed by atoms with Gasteiger partial charge in [-0.3, -0.25) is 0 Å². The maximum Gasteiger partial charge on any atom is 0.179 e. The number of aromatic nitrogens is 2. The number of nitrogens with zero attached hydrogens (tertiary/aromatic N) is 5. The number of rotatable bonds is 3. The molecule has 0 amide bonds. The van der Waals surface area contributed by atoms with Crippen molar-refractivity contribution in [1.29, 1.82) is 0 Å². The van der Waals surface area contributed by atoms with Crippen molar-refractivity contribution in [2.75, 3.05) is 10.2 Å². The lowest BCUT2D eigenvalue weighted by Gasteiger charge is -2.40. The Balaban J connectivity index is 1.51. The van der Waals surface area contributed by atoms with E-state index in [2.05, 4.69) is 47.5 Å². The van der Waals surface area contributed by atoms with Crippen LogP contribution in [0.4, 0.5) is 22.9 Å². The zero-order valence-electron chi connectivity index (χ0n) is 21.6. The molecule has 190 valence electrons. The molecule has 2 N–H and O–H groups in total. The van der Waals surface area contributed by atoms with E-state index < -0.39 is 0 Å². The molecule has 2 aliphatic rings. The van der Waals surface area contributed by atoms with Crippen LogP contribution < -0.4 is 10.2 Å². The summed E-state index contributed by atoms with van der Waals surface area (Å²) in [5.74, 6) is 2.29. The first-order valence-corrected chi connectivity index (χ1v) is 12.9. The third-order valence-corrected chi connectivity index (χ3v) is 7.14. The van der Waals surface area contributed by atoms with Gasteiger partial charge >= 0.3 is 0 Å². The number of amidine groups is 2. The third-order valence-electron chi connectivity index (χ3n) is 7.14. The summed E-state index contributed by atoms with van der Waals surface area (Å²) in [5.41, 5.74) is 7.61. The molecule has 2 aliphatic heterocycles. The van der Waals surface area contributed by atoms with Crippen LogP contribution >= 0.6 is 0 Å². The number of hydrogen-bond acceptors (Lipinski definition) is 6. The minimum absolute atomic E-state index is 0.211. The first-order chi connectivity index (χ1) is 19.1. The van der Waals surface area contributed by atoms with Crippen molar-refractivity contribution in [1.82, 2.24) is 9.78 Å². The molecule has 1 atom stereocenters. The predicted molar refractivity (Wildman–Crippen MR) is 156 cm³/mol. The lowest BCUT2D eigenvalue weighted by Crippen LogP contribution is -2.46. The molecule has 7 rings (SSSR count). The normalized spacial score (nSPS) is 15.5. The number of para-hydroxylation sites is 3. The van der Waals surface area contributed by atoms with Gasteiger partial charge in [0, 0.05) is 11.3 Å². The minimum Gasteiger partial charge on any atom is -0.508 e. The summed E-state index contributed by atoms with van der Waals surface area (Å²) in [6.07, 6.45) is 0. The molecule has 3 heterocycles. The molecule has 0 aliphatic carbocycles. The summed E-state index contributed by atoms with van der Waals surface area (Å²) in [7, 11) is 0. The molecule has 4 aromatic carbocycles. The first-order valence-electron chi connectivity index (χ1n) is 12.9. The third kappa shape index (κ3) is 3.87. The Morgan fingerprint density at radius 3 is 2.36 bits per heavy atom. The molecule has 1 aromatic heterocycles. The van der Waals surface area contributed by atoms with Crippen molar-refractivity contribution in [3.05, 3.63) is 126 Å². The second kappa shape index (κ2) is 8.99. The number of anilines is 2. The lowest BCUT2D eigenvalue weighted by molar-refractivity contribution is 0.474. The molecule has 39 heavy (non-hydrogen) atoms. The molecule has 7 heteroatoms. The molecule has 0 unspecified atom stereocenters. The van der Waals surface area contributed by atoms with Crippen LogP contribution in [0, 0.1) is 13.8 Å². The highest BCUT2D eigenvalue weighted by Gasteiger charge is 2.41. The molecule has 5 aromatic rings. The van der Waals surface area contributed by atoms with E-state index in [4.69, 9.17) is 15.1 Å². The van der Waals surface area contributed by atoms with Gasteiger partial charge in [0.1, 0.15) is 5.75 Å². The van der Waals surface area contributed by atoms with Crippen molar-refractivity contribution in [3.8, 4) is 11.4 Å². The van der Waals surface area contributed by atoms with Gasteiger partial charge in [0.05, 0.1) is 28.8 Å². The molecule has 0 radical (unpaired) electrons. The number of hydrogen-bond donors (Lipinski definition) is 2. The fourth-order valence-electron chi connectivity index (χ4n) is 5.33. The average molecular weight is 511 g/mol. The number of aromatic hydroxyl groups is 1. The van der Waals surface area contributed by atoms with E-state index in [0.29, 0.717) is 11.7 Å². The van der Waals surface area contributed by atoms with Gasteiger partial charge in [0.25, 0.3) is 0 Å². The largest absolute Gasteiger partial charge is 0.508 e. The van der Waals surface area contributed by atoms with E-state index in [1.807, 2.05) is 78.3 Å². The average Bonchev–Trinajstić information content (AvgIpc) is 3.29. The van der Waals surface area contributed by atoms with Crippen LogP contribution in [-0.4, -0.2) is 26.6 Å². The number of nitrogens with one attached hydrogen (secondary N) is 1. The maximum absolute atomic E-state index is 10.5. The van der Waals surface area contributed by atoms with E-state index in [9.17, 15) is 5.11 Å². The van der Waals surface area contributed by atoms with Crippen LogP contribution in [0.25, 0.3) is 5.69 Å². The van der Waals surface area contributed by atoms with Crippen LogP contribution in [0.15, 0.2) is 113 Å². The van der Waals surface area contributed by atoms with Crippen molar-refractivity contribution in [2.45, 2.75) is 19.9 Å². The second-order valence-corrected chi connectivity index (χ2v) is 9.81. The smallest absolute Gasteiger partial charge is 0.179 e. The molecule has 7 nitrogen and oxygen atoms in total. The Kier molecular flexibility index (Phi) is 5.30. The number of phenolic OH excluding ortho intramolecular Hbond substituents is 1. The zero-order chi connectivity index (χ0) is 26.5. The molecular weight excluding hydrogens is 484 g/mol. The van der Waals surface area contributed by atoms with Crippen molar-refractivity contribution < 1.29 is 5.11 Å². The Hall–Kier alpha value is -5.17. The Morgan fingerprint density at radius 1 is 0.795 bits per heavy atom. The van der Waals surface area contributed by atoms with E-state index in [-0.39, 0.29) is 11.8 Å². The summed E-state index contributed by atoms with van der Waals surface area (Å²) in [6.45, 7) is 4.09. The number of phenols is 1. The molecule has 0 bridgehead atoms. The number of benzene rings is 4. The van der Waals surface area contributed by atoms with Gasteiger partial charge in [0.2, 0.25) is 0 Å².